The first-order valence-electron chi connectivity index (χ1n) is 7.72. The Labute approximate surface area is 160 Å². The van der Waals surface area contributed by atoms with Crippen LogP contribution in [0.1, 0.15) is 11.1 Å². The van der Waals surface area contributed by atoms with Crippen LogP contribution in [0.4, 0.5) is 8.78 Å². The largest absolute Gasteiger partial charge is 0.493 e. The van der Waals surface area contributed by atoms with E-state index >= 15 is 0 Å². The van der Waals surface area contributed by atoms with Crippen LogP contribution in [0.25, 0.3) is 0 Å². The fourth-order valence-corrected chi connectivity index (χ4v) is 2.86. The van der Waals surface area contributed by atoms with Crippen molar-refractivity contribution in [3.8, 4) is 11.5 Å². The first-order chi connectivity index (χ1) is 12.4. The van der Waals surface area contributed by atoms with Gasteiger partial charge >= 0.3 is 6.61 Å². The Morgan fingerprint density at radius 1 is 1.15 bits per heavy atom. The van der Waals surface area contributed by atoms with Gasteiger partial charge in [-0.05, 0) is 41.8 Å². The molecule has 1 amide bonds. The first-order valence-corrected chi connectivity index (χ1v) is 8.47. The van der Waals surface area contributed by atoms with Gasteiger partial charge in [0.15, 0.2) is 11.5 Å². The van der Waals surface area contributed by atoms with Crippen molar-refractivity contribution < 1.29 is 23.0 Å². The molecule has 0 aliphatic carbocycles. The Morgan fingerprint density at radius 2 is 1.85 bits per heavy atom. The lowest BCUT2D eigenvalue weighted by Crippen LogP contribution is -2.27. The van der Waals surface area contributed by atoms with E-state index in [9.17, 15) is 13.6 Å². The Bertz CT molecular complexity index is 752. The monoisotopic (exact) mass is 403 g/mol. The van der Waals surface area contributed by atoms with Gasteiger partial charge in [-0.25, -0.2) is 0 Å². The molecule has 2 aromatic rings. The molecule has 0 spiro atoms. The second kappa shape index (κ2) is 9.59. The highest BCUT2D eigenvalue weighted by Gasteiger charge is 2.12. The topological polar surface area (TPSA) is 47.6 Å². The van der Waals surface area contributed by atoms with Gasteiger partial charge in [-0.3, -0.25) is 4.79 Å². The van der Waals surface area contributed by atoms with Gasteiger partial charge in [0.25, 0.3) is 0 Å². The lowest BCUT2D eigenvalue weighted by Gasteiger charge is -2.12. The molecule has 8 heteroatoms. The molecule has 0 aliphatic rings. The van der Waals surface area contributed by atoms with Crippen LogP contribution in [-0.4, -0.2) is 26.2 Å². The van der Waals surface area contributed by atoms with Gasteiger partial charge in [0.2, 0.25) is 5.91 Å². The molecule has 0 radical (unpaired) electrons. The number of hydrogen-bond donors (Lipinski definition) is 1. The van der Waals surface area contributed by atoms with E-state index in [2.05, 4.69) is 10.1 Å². The van der Waals surface area contributed by atoms with E-state index in [1.807, 2.05) is 0 Å². The normalized spacial score (nSPS) is 10.7. The highest BCUT2D eigenvalue weighted by molar-refractivity contribution is 6.36. The minimum Gasteiger partial charge on any atom is -0.493 e. The van der Waals surface area contributed by atoms with Gasteiger partial charge in [-0.2, -0.15) is 8.78 Å². The van der Waals surface area contributed by atoms with E-state index in [0.717, 1.165) is 5.56 Å². The summed E-state index contributed by atoms with van der Waals surface area (Å²) in [5.41, 5.74) is 1.38. The Hall–Kier alpha value is -2.05. The van der Waals surface area contributed by atoms with Gasteiger partial charge in [-0.15, -0.1) is 0 Å². The molecule has 26 heavy (non-hydrogen) atoms. The highest BCUT2D eigenvalue weighted by atomic mass is 35.5. The molecule has 2 rings (SSSR count). The van der Waals surface area contributed by atoms with Crippen molar-refractivity contribution in [3.05, 3.63) is 57.6 Å². The van der Waals surface area contributed by atoms with Crippen LogP contribution in [0, 0.1) is 0 Å². The molecule has 1 N–H and O–H groups in total. The van der Waals surface area contributed by atoms with E-state index in [1.165, 1.54) is 13.2 Å². The minimum atomic E-state index is -2.93. The van der Waals surface area contributed by atoms with Gasteiger partial charge < -0.3 is 14.8 Å². The molecule has 0 fully saturated rings. The number of alkyl halides is 2. The van der Waals surface area contributed by atoms with Crippen LogP contribution in [0.3, 0.4) is 0 Å². The van der Waals surface area contributed by atoms with Crippen molar-refractivity contribution in [2.75, 3.05) is 13.7 Å². The zero-order valence-electron chi connectivity index (χ0n) is 13.9. The summed E-state index contributed by atoms with van der Waals surface area (Å²) in [5.74, 6) is -0.0507. The van der Waals surface area contributed by atoms with Crippen LogP contribution in [0.15, 0.2) is 36.4 Å². The molecule has 0 unspecified atom stereocenters. The summed E-state index contributed by atoms with van der Waals surface area (Å²) in [6.07, 6.45) is 0.566. The van der Waals surface area contributed by atoms with Crippen LogP contribution < -0.4 is 14.8 Å². The van der Waals surface area contributed by atoms with E-state index in [-0.39, 0.29) is 23.8 Å². The Balaban J connectivity index is 1.90. The number of hydrogen-bond acceptors (Lipinski definition) is 3. The SMILES string of the molecule is COc1cc(CCNC(=O)Cc2c(Cl)cccc2Cl)ccc1OC(F)F. The van der Waals surface area contributed by atoms with Crippen LogP contribution in [0.2, 0.25) is 10.0 Å². The Morgan fingerprint density at radius 3 is 2.46 bits per heavy atom. The molecule has 0 aromatic heterocycles. The second-order valence-electron chi connectivity index (χ2n) is 5.34. The number of halogens is 4. The number of carbonyl (C=O) groups is 1. The smallest absolute Gasteiger partial charge is 0.387 e. The summed E-state index contributed by atoms with van der Waals surface area (Å²) in [6, 6.07) is 9.69. The molecule has 0 heterocycles. The van der Waals surface area contributed by atoms with Gasteiger partial charge in [-0.1, -0.05) is 35.3 Å². The zero-order chi connectivity index (χ0) is 19.1. The molecule has 4 nitrogen and oxygen atoms in total. The zero-order valence-corrected chi connectivity index (χ0v) is 15.4. The van der Waals surface area contributed by atoms with Gasteiger partial charge in [0.1, 0.15) is 0 Å². The maximum absolute atomic E-state index is 12.3. The number of rotatable bonds is 8. The standard InChI is InChI=1S/C18H17Cl2F2NO3/c1-25-16-9-11(5-6-15(16)26-18(21)22)7-8-23-17(24)10-12-13(19)3-2-4-14(12)20/h2-6,9,18H,7-8,10H2,1H3,(H,23,24). The number of nitrogens with one attached hydrogen (secondary N) is 1. The fourth-order valence-electron chi connectivity index (χ4n) is 2.33. The maximum Gasteiger partial charge on any atom is 0.387 e. The highest BCUT2D eigenvalue weighted by Crippen LogP contribution is 2.29. The summed E-state index contributed by atoms with van der Waals surface area (Å²) in [6.45, 7) is -2.57. The van der Waals surface area contributed by atoms with Crippen molar-refractivity contribution in [2.45, 2.75) is 19.5 Å². The average Bonchev–Trinajstić information content (AvgIpc) is 2.59. The van der Waals surface area contributed by atoms with Gasteiger partial charge in [0, 0.05) is 16.6 Å². The number of ether oxygens (including phenoxy) is 2. The number of benzene rings is 2. The van der Waals surface area contributed by atoms with Crippen molar-refractivity contribution in [3.63, 3.8) is 0 Å². The summed E-state index contributed by atoms with van der Waals surface area (Å²) >= 11 is 12.1. The van der Waals surface area contributed by atoms with E-state index in [4.69, 9.17) is 27.9 Å². The minimum absolute atomic E-state index is 0.0383. The predicted octanol–water partition coefficient (Wildman–Crippen LogP) is 4.50. The lowest BCUT2D eigenvalue weighted by atomic mass is 10.1. The fraction of sp³-hybridized carbons (Fsp3) is 0.278. The lowest BCUT2D eigenvalue weighted by molar-refractivity contribution is -0.120. The summed E-state index contributed by atoms with van der Waals surface area (Å²) in [7, 11) is 1.37. The third-order valence-corrected chi connectivity index (χ3v) is 4.29. The average molecular weight is 404 g/mol. The number of methoxy groups -OCH3 is 1. The van der Waals surface area contributed by atoms with Crippen LogP contribution in [0.5, 0.6) is 11.5 Å². The van der Waals surface area contributed by atoms with Crippen molar-refractivity contribution in [2.24, 2.45) is 0 Å². The molecule has 0 bridgehead atoms. The number of carbonyl (C=O) groups excluding carboxylic acids is 1. The first kappa shape index (κ1) is 20.3. The van der Waals surface area contributed by atoms with Crippen LogP contribution in [-0.2, 0) is 17.6 Å². The number of amides is 1. The molecule has 2 aromatic carbocycles. The summed E-state index contributed by atoms with van der Waals surface area (Å²) in [5, 5.41) is 3.64. The second-order valence-corrected chi connectivity index (χ2v) is 6.16. The van der Waals surface area contributed by atoms with Crippen LogP contribution >= 0.6 is 23.2 Å². The van der Waals surface area contributed by atoms with Crippen molar-refractivity contribution in [1.29, 1.82) is 0 Å². The van der Waals surface area contributed by atoms with Gasteiger partial charge in [0.05, 0.1) is 13.5 Å². The molecular weight excluding hydrogens is 387 g/mol. The maximum atomic E-state index is 12.3. The quantitative estimate of drug-likeness (QED) is 0.705. The molecule has 140 valence electrons. The van der Waals surface area contributed by atoms with E-state index < -0.39 is 6.61 Å². The molecule has 0 aliphatic heterocycles. The Kier molecular flexibility index (Phi) is 7.48. The predicted molar refractivity (Wildman–Crippen MR) is 96.5 cm³/mol. The van der Waals surface area contributed by atoms with E-state index in [0.29, 0.717) is 28.6 Å². The molecule has 0 atom stereocenters. The van der Waals surface area contributed by atoms with E-state index in [1.54, 1.807) is 30.3 Å². The third kappa shape index (κ3) is 5.75. The molecule has 0 saturated carbocycles. The van der Waals surface area contributed by atoms with Crippen molar-refractivity contribution in [1.82, 2.24) is 5.32 Å². The summed E-state index contributed by atoms with van der Waals surface area (Å²) in [4.78, 5) is 12.0. The van der Waals surface area contributed by atoms with Crippen molar-refractivity contribution >= 4 is 29.1 Å². The molecular formula is C18H17Cl2F2NO3. The molecule has 0 saturated heterocycles. The third-order valence-electron chi connectivity index (χ3n) is 3.58. The summed E-state index contributed by atoms with van der Waals surface area (Å²) < 4.78 is 34.1.